The Bertz CT molecular complexity index is 1050. The van der Waals surface area contributed by atoms with Gasteiger partial charge in [-0.25, -0.2) is 0 Å². The van der Waals surface area contributed by atoms with E-state index in [0.29, 0.717) is 28.8 Å². The molecule has 3 aromatic rings. The summed E-state index contributed by atoms with van der Waals surface area (Å²) in [6.07, 6.45) is 1.55. The second-order valence-corrected chi connectivity index (χ2v) is 7.65. The number of rotatable bonds is 5. The predicted octanol–water partition coefficient (Wildman–Crippen LogP) is 3.87. The third-order valence-electron chi connectivity index (χ3n) is 5.10. The summed E-state index contributed by atoms with van der Waals surface area (Å²) in [5.74, 6) is 0.354. The first-order valence-electron chi connectivity index (χ1n) is 9.79. The lowest BCUT2D eigenvalue weighted by Crippen LogP contribution is -2.46. The molecule has 1 saturated heterocycles. The fourth-order valence-corrected chi connectivity index (χ4v) is 3.77. The van der Waals surface area contributed by atoms with Gasteiger partial charge in [0.25, 0.3) is 5.91 Å². The number of hydrogen-bond donors (Lipinski definition) is 1. The van der Waals surface area contributed by atoms with E-state index in [4.69, 9.17) is 16.1 Å². The molecule has 154 valence electrons. The van der Waals surface area contributed by atoms with Crippen LogP contribution in [0.2, 0.25) is 5.02 Å². The van der Waals surface area contributed by atoms with E-state index in [1.54, 1.807) is 48.2 Å². The van der Waals surface area contributed by atoms with E-state index in [0.717, 1.165) is 18.4 Å². The molecular weight excluding hydrogens is 404 g/mol. The van der Waals surface area contributed by atoms with Crippen LogP contribution in [0.1, 0.15) is 42.1 Å². The summed E-state index contributed by atoms with van der Waals surface area (Å²) in [6, 6.07) is 15.0. The third kappa shape index (κ3) is 4.21. The van der Waals surface area contributed by atoms with Crippen molar-refractivity contribution in [3.63, 3.8) is 0 Å². The van der Waals surface area contributed by atoms with Crippen molar-refractivity contribution in [2.45, 2.75) is 31.8 Å². The Labute approximate surface area is 179 Å². The van der Waals surface area contributed by atoms with E-state index < -0.39 is 6.04 Å². The molecule has 1 fully saturated rings. The molecule has 30 heavy (non-hydrogen) atoms. The first-order valence-corrected chi connectivity index (χ1v) is 10.2. The van der Waals surface area contributed by atoms with Crippen LogP contribution in [-0.4, -0.2) is 39.4 Å². The molecule has 1 aliphatic rings. The summed E-state index contributed by atoms with van der Waals surface area (Å²) in [5.41, 5.74) is 1.26. The first kappa shape index (κ1) is 20.1. The molecular formula is C22H21ClN4O3. The molecule has 1 N–H and O–H groups in total. The number of amides is 2. The SMILES string of the molecule is C[C@@H](NC(=O)c1ccccc1)C(=O)N1CCC[C@@H]1c1nc(-c2cccc(Cl)c2)no1. The van der Waals surface area contributed by atoms with Crippen LogP contribution >= 0.6 is 11.6 Å². The van der Waals surface area contributed by atoms with Crippen molar-refractivity contribution in [3.05, 3.63) is 71.1 Å². The van der Waals surface area contributed by atoms with Gasteiger partial charge in [0, 0.05) is 22.7 Å². The molecule has 0 saturated carbocycles. The monoisotopic (exact) mass is 424 g/mol. The number of benzene rings is 2. The highest BCUT2D eigenvalue weighted by Crippen LogP contribution is 2.32. The van der Waals surface area contributed by atoms with Crippen LogP contribution in [0.4, 0.5) is 0 Å². The first-order chi connectivity index (χ1) is 14.5. The van der Waals surface area contributed by atoms with Gasteiger partial charge in [0.1, 0.15) is 12.1 Å². The van der Waals surface area contributed by atoms with Gasteiger partial charge in [0.15, 0.2) is 0 Å². The maximum atomic E-state index is 13.0. The van der Waals surface area contributed by atoms with Crippen molar-refractivity contribution in [3.8, 4) is 11.4 Å². The van der Waals surface area contributed by atoms with Gasteiger partial charge in [-0.15, -0.1) is 0 Å². The van der Waals surface area contributed by atoms with E-state index in [1.165, 1.54) is 0 Å². The minimum absolute atomic E-state index is 0.177. The minimum Gasteiger partial charge on any atom is -0.341 e. The Hall–Kier alpha value is -3.19. The van der Waals surface area contributed by atoms with Gasteiger partial charge in [-0.2, -0.15) is 4.98 Å². The number of nitrogens with zero attached hydrogens (tertiary/aromatic N) is 3. The highest BCUT2D eigenvalue weighted by Gasteiger charge is 2.36. The molecule has 7 nitrogen and oxygen atoms in total. The molecule has 0 radical (unpaired) electrons. The molecule has 4 rings (SSSR count). The van der Waals surface area contributed by atoms with Gasteiger partial charge in [0.05, 0.1) is 0 Å². The van der Waals surface area contributed by atoms with Gasteiger partial charge < -0.3 is 14.7 Å². The molecule has 0 aliphatic carbocycles. The molecule has 0 spiro atoms. The number of aromatic nitrogens is 2. The number of halogens is 1. The Kier molecular flexibility index (Phi) is 5.81. The molecule has 2 aromatic carbocycles. The Morgan fingerprint density at radius 2 is 2.00 bits per heavy atom. The molecule has 2 heterocycles. The van der Waals surface area contributed by atoms with Crippen molar-refractivity contribution >= 4 is 23.4 Å². The summed E-state index contributed by atoms with van der Waals surface area (Å²) < 4.78 is 5.47. The smallest absolute Gasteiger partial charge is 0.251 e. The molecule has 8 heteroatoms. The zero-order valence-electron chi connectivity index (χ0n) is 16.4. The van der Waals surface area contributed by atoms with Crippen LogP contribution in [-0.2, 0) is 4.79 Å². The van der Waals surface area contributed by atoms with E-state index in [-0.39, 0.29) is 17.9 Å². The lowest BCUT2D eigenvalue weighted by Gasteiger charge is -2.25. The fourth-order valence-electron chi connectivity index (χ4n) is 3.58. The lowest BCUT2D eigenvalue weighted by molar-refractivity contribution is -0.134. The summed E-state index contributed by atoms with van der Waals surface area (Å²) in [6.45, 7) is 2.26. The van der Waals surface area contributed by atoms with Crippen LogP contribution < -0.4 is 5.32 Å². The fraction of sp³-hybridized carbons (Fsp3) is 0.273. The van der Waals surface area contributed by atoms with E-state index in [2.05, 4.69) is 15.5 Å². The summed E-state index contributed by atoms with van der Waals surface area (Å²) in [4.78, 5) is 31.6. The van der Waals surface area contributed by atoms with E-state index in [9.17, 15) is 9.59 Å². The molecule has 2 atom stereocenters. The van der Waals surface area contributed by atoms with Crippen LogP contribution in [0.15, 0.2) is 59.1 Å². The zero-order chi connectivity index (χ0) is 21.1. The number of carbonyl (C=O) groups is 2. The van der Waals surface area contributed by atoms with Crippen LogP contribution in [0.3, 0.4) is 0 Å². The summed E-state index contributed by atoms with van der Waals surface area (Å²) >= 11 is 6.04. The predicted molar refractivity (Wildman–Crippen MR) is 112 cm³/mol. The average Bonchev–Trinajstić information content (AvgIpc) is 3.43. The normalized spacial score (nSPS) is 17.0. The molecule has 0 unspecified atom stereocenters. The Balaban J connectivity index is 1.47. The van der Waals surface area contributed by atoms with Crippen molar-refractivity contribution in [2.24, 2.45) is 0 Å². The largest absolute Gasteiger partial charge is 0.341 e. The van der Waals surface area contributed by atoms with Gasteiger partial charge in [-0.1, -0.05) is 47.1 Å². The molecule has 2 amide bonds. The number of hydrogen-bond acceptors (Lipinski definition) is 5. The van der Waals surface area contributed by atoms with E-state index >= 15 is 0 Å². The van der Waals surface area contributed by atoms with Crippen molar-refractivity contribution in [1.82, 2.24) is 20.4 Å². The topological polar surface area (TPSA) is 88.3 Å². The van der Waals surface area contributed by atoms with Crippen molar-refractivity contribution < 1.29 is 14.1 Å². The number of likely N-dealkylation sites (tertiary alicyclic amines) is 1. The van der Waals surface area contributed by atoms with Gasteiger partial charge >= 0.3 is 0 Å². The number of nitrogens with one attached hydrogen (secondary N) is 1. The average molecular weight is 425 g/mol. The van der Waals surface area contributed by atoms with Crippen LogP contribution in [0.5, 0.6) is 0 Å². The van der Waals surface area contributed by atoms with Crippen molar-refractivity contribution in [1.29, 1.82) is 0 Å². The zero-order valence-corrected chi connectivity index (χ0v) is 17.2. The second kappa shape index (κ2) is 8.67. The Morgan fingerprint density at radius 3 is 2.77 bits per heavy atom. The lowest BCUT2D eigenvalue weighted by atomic mass is 10.1. The maximum Gasteiger partial charge on any atom is 0.251 e. The minimum atomic E-state index is -0.673. The number of carbonyl (C=O) groups excluding carboxylic acids is 2. The standard InChI is InChI=1S/C22H21ClN4O3/c1-14(24-20(28)15-7-3-2-4-8-15)22(29)27-12-6-11-18(27)21-25-19(26-30-21)16-9-5-10-17(23)13-16/h2-5,7-10,13-14,18H,6,11-12H2,1H3,(H,24,28)/t14-,18-/m1/s1. The highest BCUT2D eigenvalue weighted by molar-refractivity contribution is 6.30. The quantitative estimate of drug-likeness (QED) is 0.671. The molecule has 1 aromatic heterocycles. The van der Waals surface area contributed by atoms with Gasteiger partial charge in [-0.3, -0.25) is 9.59 Å². The van der Waals surface area contributed by atoms with Crippen molar-refractivity contribution in [2.75, 3.05) is 6.54 Å². The Morgan fingerprint density at radius 1 is 1.20 bits per heavy atom. The maximum absolute atomic E-state index is 13.0. The highest BCUT2D eigenvalue weighted by atomic mass is 35.5. The van der Waals surface area contributed by atoms with Gasteiger partial charge in [-0.05, 0) is 44.0 Å². The second-order valence-electron chi connectivity index (χ2n) is 7.22. The van der Waals surface area contributed by atoms with Gasteiger partial charge in [0.2, 0.25) is 17.6 Å². The van der Waals surface area contributed by atoms with Crippen LogP contribution in [0, 0.1) is 0 Å². The molecule has 0 bridgehead atoms. The summed E-state index contributed by atoms with van der Waals surface area (Å²) in [7, 11) is 0. The third-order valence-corrected chi connectivity index (χ3v) is 5.33. The van der Waals surface area contributed by atoms with E-state index in [1.807, 2.05) is 18.2 Å². The van der Waals surface area contributed by atoms with Crippen LogP contribution in [0.25, 0.3) is 11.4 Å². The molecule has 1 aliphatic heterocycles. The summed E-state index contributed by atoms with van der Waals surface area (Å²) in [5, 5.41) is 7.40.